The Balaban J connectivity index is 1.55. The number of carboxylic acids is 1. The Bertz CT molecular complexity index is 815. The van der Waals surface area contributed by atoms with E-state index in [9.17, 15) is 9.59 Å². The van der Waals surface area contributed by atoms with Crippen LogP contribution >= 0.6 is 11.6 Å². The molecule has 0 saturated carbocycles. The third-order valence-corrected chi connectivity index (χ3v) is 5.17. The molecule has 5 nitrogen and oxygen atoms in total. The van der Waals surface area contributed by atoms with Crippen LogP contribution in [0.3, 0.4) is 0 Å². The quantitative estimate of drug-likeness (QED) is 0.819. The van der Waals surface area contributed by atoms with E-state index in [1.165, 1.54) is 0 Å². The van der Waals surface area contributed by atoms with E-state index in [-0.39, 0.29) is 18.2 Å². The van der Waals surface area contributed by atoms with Gasteiger partial charge in [-0.25, -0.2) is 0 Å². The number of halogens is 1. The lowest BCUT2D eigenvalue weighted by Gasteiger charge is -2.30. The van der Waals surface area contributed by atoms with Crippen LogP contribution in [0.1, 0.15) is 24.0 Å². The molecule has 1 saturated heterocycles. The number of hydrogen-bond donors (Lipinski definition) is 1. The summed E-state index contributed by atoms with van der Waals surface area (Å²) in [6, 6.07) is 15.0. The minimum Gasteiger partial charge on any atom is -0.489 e. The second-order valence-corrected chi connectivity index (χ2v) is 7.10. The highest BCUT2D eigenvalue weighted by molar-refractivity contribution is 6.31. The molecule has 2 aromatic carbocycles. The molecule has 6 heteroatoms. The van der Waals surface area contributed by atoms with Gasteiger partial charge in [0.15, 0.2) is 0 Å². The minimum absolute atomic E-state index is 0.0158. The van der Waals surface area contributed by atoms with Crippen LogP contribution < -0.4 is 4.74 Å². The molecule has 0 radical (unpaired) electrons. The lowest BCUT2D eigenvalue weighted by Crippen LogP contribution is -2.40. The molecule has 1 amide bonds. The zero-order valence-corrected chi connectivity index (χ0v) is 15.7. The molecule has 0 aliphatic carbocycles. The van der Waals surface area contributed by atoms with Crippen LogP contribution in [-0.2, 0) is 22.6 Å². The van der Waals surface area contributed by atoms with E-state index < -0.39 is 5.97 Å². The fourth-order valence-electron chi connectivity index (χ4n) is 3.18. The van der Waals surface area contributed by atoms with Gasteiger partial charge in [-0.3, -0.25) is 9.59 Å². The molecule has 1 heterocycles. The second-order valence-electron chi connectivity index (χ2n) is 6.70. The summed E-state index contributed by atoms with van der Waals surface area (Å²) in [4.78, 5) is 25.3. The highest BCUT2D eigenvalue weighted by Crippen LogP contribution is 2.21. The predicted octanol–water partition coefficient (Wildman–Crippen LogP) is 3.78. The third kappa shape index (κ3) is 5.23. The average molecular weight is 388 g/mol. The highest BCUT2D eigenvalue weighted by Gasteiger charge is 2.26. The van der Waals surface area contributed by atoms with Crippen molar-refractivity contribution in [1.29, 1.82) is 0 Å². The predicted molar refractivity (Wildman–Crippen MR) is 103 cm³/mol. The topological polar surface area (TPSA) is 66.8 Å². The first kappa shape index (κ1) is 19.2. The van der Waals surface area contributed by atoms with Crippen molar-refractivity contribution in [3.8, 4) is 5.75 Å². The number of rotatable bonds is 6. The van der Waals surface area contributed by atoms with Crippen molar-refractivity contribution >= 4 is 23.5 Å². The Kier molecular flexibility index (Phi) is 6.35. The minimum atomic E-state index is -0.773. The number of nitrogens with zero attached hydrogens (tertiary/aromatic N) is 1. The van der Waals surface area contributed by atoms with Crippen molar-refractivity contribution < 1.29 is 19.4 Å². The van der Waals surface area contributed by atoms with Crippen LogP contribution in [0.2, 0.25) is 5.02 Å². The summed E-state index contributed by atoms with van der Waals surface area (Å²) in [6.45, 7) is 1.36. The summed E-state index contributed by atoms with van der Waals surface area (Å²) >= 11 is 6.14. The maximum atomic E-state index is 12.5. The monoisotopic (exact) mass is 387 g/mol. The fraction of sp³-hybridized carbons (Fsp3) is 0.333. The number of benzene rings is 2. The SMILES string of the molecule is O=C(O)C1CCN(C(=O)Cc2cccc(OCc3ccccc3Cl)c2)CC1. The zero-order chi connectivity index (χ0) is 19.2. The number of amides is 1. The zero-order valence-electron chi connectivity index (χ0n) is 14.9. The van der Waals surface area contributed by atoms with Gasteiger partial charge in [0, 0.05) is 23.7 Å². The van der Waals surface area contributed by atoms with E-state index in [2.05, 4.69) is 0 Å². The van der Waals surface area contributed by atoms with Gasteiger partial charge in [-0.05, 0) is 36.6 Å². The Morgan fingerprint density at radius 3 is 2.56 bits per heavy atom. The standard InChI is InChI=1S/C21H22ClNO4/c22-19-7-2-1-5-17(19)14-27-18-6-3-4-15(12-18)13-20(24)23-10-8-16(9-11-23)21(25)26/h1-7,12,16H,8-11,13-14H2,(H,25,26). The number of likely N-dealkylation sites (tertiary alicyclic amines) is 1. The van der Waals surface area contributed by atoms with E-state index in [0.29, 0.717) is 43.3 Å². The molecule has 3 rings (SSSR count). The molecule has 1 fully saturated rings. The molecule has 142 valence electrons. The number of carboxylic acid groups (broad SMARTS) is 1. The number of hydrogen-bond acceptors (Lipinski definition) is 3. The van der Waals surface area contributed by atoms with Crippen molar-refractivity contribution in [3.05, 3.63) is 64.7 Å². The smallest absolute Gasteiger partial charge is 0.306 e. The van der Waals surface area contributed by atoms with Crippen LogP contribution in [0.15, 0.2) is 48.5 Å². The molecule has 0 spiro atoms. The Labute approximate surface area is 163 Å². The maximum absolute atomic E-state index is 12.5. The largest absolute Gasteiger partial charge is 0.489 e. The summed E-state index contributed by atoms with van der Waals surface area (Å²) in [5.74, 6) is -0.409. The average Bonchev–Trinajstić information content (AvgIpc) is 2.68. The molecular formula is C21H22ClNO4. The Morgan fingerprint density at radius 2 is 1.85 bits per heavy atom. The second kappa shape index (κ2) is 8.91. The molecule has 0 aromatic heterocycles. The summed E-state index contributed by atoms with van der Waals surface area (Å²) in [7, 11) is 0. The lowest BCUT2D eigenvalue weighted by molar-refractivity contribution is -0.145. The molecule has 1 N–H and O–H groups in total. The normalized spacial score (nSPS) is 14.8. The summed E-state index contributed by atoms with van der Waals surface area (Å²) in [6.07, 6.45) is 1.31. The van der Waals surface area contributed by atoms with Gasteiger partial charge in [0.2, 0.25) is 5.91 Å². The first-order valence-corrected chi connectivity index (χ1v) is 9.36. The van der Waals surface area contributed by atoms with Crippen LogP contribution in [0.25, 0.3) is 0 Å². The first-order chi connectivity index (χ1) is 13.0. The van der Waals surface area contributed by atoms with Gasteiger partial charge in [0.05, 0.1) is 12.3 Å². The van der Waals surface area contributed by atoms with Crippen LogP contribution in [0.4, 0.5) is 0 Å². The highest BCUT2D eigenvalue weighted by atomic mass is 35.5. The van der Waals surface area contributed by atoms with Gasteiger partial charge in [0.1, 0.15) is 12.4 Å². The van der Waals surface area contributed by atoms with Crippen molar-refractivity contribution in [2.45, 2.75) is 25.9 Å². The summed E-state index contributed by atoms with van der Waals surface area (Å²) in [5.41, 5.74) is 1.78. The summed E-state index contributed by atoms with van der Waals surface area (Å²) in [5, 5.41) is 9.71. The van der Waals surface area contributed by atoms with Gasteiger partial charge in [0.25, 0.3) is 0 Å². The Hall–Kier alpha value is -2.53. The number of carbonyl (C=O) groups is 2. The number of ether oxygens (including phenoxy) is 1. The van der Waals surface area contributed by atoms with Crippen LogP contribution in [0.5, 0.6) is 5.75 Å². The van der Waals surface area contributed by atoms with Gasteiger partial charge in [-0.1, -0.05) is 41.9 Å². The van der Waals surface area contributed by atoms with E-state index >= 15 is 0 Å². The molecule has 1 aliphatic heterocycles. The molecule has 2 aromatic rings. The van der Waals surface area contributed by atoms with E-state index in [0.717, 1.165) is 11.1 Å². The molecule has 0 atom stereocenters. The Morgan fingerprint density at radius 1 is 1.11 bits per heavy atom. The van der Waals surface area contributed by atoms with Crippen LogP contribution in [0, 0.1) is 5.92 Å². The van der Waals surface area contributed by atoms with Crippen molar-refractivity contribution in [1.82, 2.24) is 4.90 Å². The van der Waals surface area contributed by atoms with E-state index in [4.69, 9.17) is 21.4 Å². The molecular weight excluding hydrogens is 366 g/mol. The molecule has 1 aliphatic rings. The van der Waals surface area contributed by atoms with Crippen molar-refractivity contribution in [2.75, 3.05) is 13.1 Å². The van der Waals surface area contributed by atoms with Gasteiger partial charge in [-0.2, -0.15) is 0 Å². The number of piperidine rings is 1. The third-order valence-electron chi connectivity index (χ3n) is 4.80. The first-order valence-electron chi connectivity index (χ1n) is 8.98. The van der Waals surface area contributed by atoms with Crippen molar-refractivity contribution in [2.24, 2.45) is 5.92 Å². The fourth-order valence-corrected chi connectivity index (χ4v) is 3.37. The summed E-state index contributed by atoms with van der Waals surface area (Å²) < 4.78 is 5.81. The van der Waals surface area contributed by atoms with Crippen molar-refractivity contribution in [3.63, 3.8) is 0 Å². The van der Waals surface area contributed by atoms with Gasteiger partial charge in [-0.15, -0.1) is 0 Å². The molecule has 0 unspecified atom stereocenters. The van der Waals surface area contributed by atoms with E-state index in [1.54, 1.807) is 4.90 Å². The number of aliphatic carboxylic acids is 1. The number of carbonyl (C=O) groups excluding carboxylic acids is 1. The van der Waals surface area contributed by atoms with Gasteiger partial charge < -0.3 is 14.7 Å². The molecule has 27 heavy (non-hydrogen) atoms. The van der Waals surface area contributed by atoms with Crippen LogP contribution in [-0.4, -0.2) is 35.0 Å². The van der Waals surface area contributed by atoms with Gasteiger partial charge >= 0.3 is 5.97 Å². The maximum Gasteiger partial charge on any atom is 0.306 e. The molecule has 0 bridgehead atoms. The lowest BCUT2D eigenvalue weighted by atomic mass is 9.96. The van der Waals surface area contributed by atoms with E-state index in [1.807, 2.05) is 48.5 Å².